The van der Waals surface area contributed by atoms with Crippen LogP contribution in [0.25, 0.3) is 0 Å². The van der Waals surface area contributed by atoms with Gasteiger partial charge in [-0.15, -0.1) is 0 Å². The first-order valence-electron chi connectivity index (χ1n) is 7.63. The first kappa shape index (κ1) is 16.9. The molecule has 2 heteroatoms. The Morgan fingerprint density at radius 3 is 2.29 bits per heavy atom. The van der Waals surface area contributed by atoms with Gasteiger partial charge >= 0.3 is 0 Å². The van der Waals surface area contributed by atoms with E-state index in [4.69, 9.17) is 0 Å². The Morgan fingerprint density at radius 1 is 0.941 bits per heavy atom. The van der Waals surface area contributed by atoms with Crippen LogP contribution in [0.15, 0.2) is 0 Å². The zero-order chi connectivity index (χ0) is 12.9. The molecule has 1 atom stereocenters. The highest BCUT2D eigenvalue weighted by Crippen LogP contribution is 2.06. The molecule has 0 heterocycles. The first-order valence-corrected chi connectivity index (χ1v) is 7.63. The standard InChI is InChI=1S/C15H34N2/c1-5-11-15(3)17(4)14-10-8-7-9-13-16-12-6-2/h15-16H,5-14H2,1-4H3. The fraction of sp³-hybridized carbons (Fsp3) is 1.00. The van der Waals surface area contributed by atoms with Crippen molar-refractivity contribution in [2.75, 3.05) is 26.7 Å². The average molecular weight is 242 g/mol. The summed E-state index contributed by atoms with van der Waals surface area (Å²) >= 11 is 0. The summed E-state index contributed by atoms with van der Waals surface area (Å²) in [7, 11) is 2.27. The molecule has 17 heavy (non-hydrogen) atoms. The maximum atomic E-state index is 3.46. The molecular formula is C15H34N2. The topological polar surface area (TPSA) is 15.3 Å². The van der Waals surface area contributed by atoms with E-state index >= 15 is 0 Å². The molecule has 104 valence electrons. The predicted molar refractivity (Wildman–Crippen MR) is 78.6 cm³/mol. The summed E-state index contributed by atoms with van der Waals surface area (Å²) in [5, 5.41) is 3.46. The summed E-state index contributed by atoms with van der Waals surface area (Å²) in [6, 6.07) is 0.756. The van der Waals surface area contributed by atoms with Crippen molar-refractivity contribution in [2.24, 2.45) is 0 Å². The minimum absolute atomic E-state index is 0.756. The van der Waals surface area contributed by atoms with Gasteiger partial charge in [0, 0.05) is 6.04 Å². The Labute approximate surface area is 109 Å². The molecule has 1 unspecified atom stereocenters. The maximum absolute atomic E-state index is 3.46. The van der Waals surface area contributed by atoms with Crippen molar-refractivity contribution in [1.82, 2.24) is 10.2 Å². The SMILES string of the molecule is CCCNCCCCCCN(C)C(C)CCC. The van der Waals surface area contributed by atoms with Crippen molar-refractivity contribution in [3.63, 3.8) is 0 Å². The quantitative estimate of drug-likeness (QED) is 0.525. The fourth-order valence-electron chi connectivity index (χ4n) is 2.13. The third kappa shape index (κ3) is 10.8. The van der Waals surface area contributed by atoms with Crippen molar-refractivity contribution < 1.29 is 0 Å². The molecule has 2 nitrogen and oxygen atoms in total. The van der Waals surface area contributed by atoms with Crippen LogP contribution in [0, 0.1) is 0 Å². The molecule has 0 aromatic heterocycles. The number of unbranched alkanes of at least 4 members (excludes halogenated alkanes) is 3. The lowest BCUT2D eigenvalue weighted by Gasteiger charge is -2.24. The van der Waals surface area contributed by atoms with Crippen LogP contribution in [0.2, 0.25) is 0 Å². The molecule has 0 aliphatic rings. The summed E-state index contributed by atoms with van der Waals surface area (Å²) in [4.78, 5) is 2.51. The minimum atomic E-state index is 0.756. The summed E-state index contributed by atoms with van der Waals surface area (Å²) in [5.41, 5.74) is 0. The van der Waals surface area contributed by atoms with Gasteiger partial charge in [-0.2, -0.15) is 0 Å². The average Bonchev–Trinajstić information content (AvgIpc) is 2.32. The van der Waals surface area contributed by atoms with Crippen molar-refractivity contribution in [1.29, 1.82) is 0 Å². The number of nitrogens with one attached hydrogen (secondary N) is 1. The molecule has 0 bridgehead atoms. The van der Waals surface area contributed by atoms with Crippen molar-refractivity contribution >= 4 is 0 Å². The van der Waals surface area contributed by atoms with Gasteiger partial charge in [0.15, 0.2) is 0 Å². The van der Waals surface area contributed by atoms with Crippen LogP contribution < -0.4 is 5.32 Å². The monoisotopic (exact) mass is 242 g/mol. The van der Waals surface area contributed by atoms with Crippen LogP contribution >= 0.6 is 0 Å². The molecule has 0 saturated carbocycles. The van der Waals surface area contributed by atoms with Gasteiger partial charge in [0.05, 0.1) is 0 Å². The van der Waals surface area contributed by atoms with Gasteiger partial charge < -0.3 is 10.2 Å². The van der Waals surface area contributed by atoms with Gasteiger partial charge in [-0.25, -0.2) is 0 Å². The van der Waals surface area contributed by atoms with Crippen LogP contribution in [0.1, 0.15) is 65.7 Å². The molecule has 0 rings (SSSR count). The molecule has 0 aliphatic carbocycles. The number of rotatable bonds is 12. The second-order valence-corrected chi connectivity index (χ2v) is 5.28. The molecular weight excluding hydrogens is 208 g/mol. The summed E-state index contributed by atoms with van der Waals surface area (Å²) in [5.74, 6) is 0. The normalized spacial score (nSPS) is 13.2. The van der Waals surface area contributed by atoms with E-state index in [9.17, 15) is 0 Å². The molecule has 0 spiro atoms. The zero-order valence-corrected chi connectivity index (χ0v) is 12.6. The van der Waals surface area contributed by atoms with Crippen LogP contribution in [0.4, 0.5) is 0 Å². The van der Waals surface area contributed by atoms with Gasteiger partial charge in [0.1, 0.15) is 0 Å². The molecule has 0 radical (unpaired) electrons. The summed E-state index contributed by atoms with van der Waals surface area (Å²) in [6.45, 7) is 10.5. The van der Waals surface area contributed by atoms with Gasteiger partial charge in [0.2, 0.25) is 0 Å². The van der Waals surface area contributed by atoms with Crippen LogP contribution in [0.5, 0.6) is 0 Å². The van der Waals surface area contributed by atoms with E-state index in [1.54, 1.807) is 0 Å². The second kappa shape index (κ2) is 12.4. The first-order chi connectivity index (χ1) is 8.22. The van der Waals surface area contributed by atoms with Gasteiger partial charge in [0.25, 0.3) is 0 Å². The second-order valence-electron chi connectivity index (χ2n) is 5.28. The van der Waals surface area contributed by atoms with Crippen LogP contribution in [-0.4, -0.2) is 37.6 Å². The third-order valence-electron chi connectivity index (χ3n) is 3.50. The Hall–Kier alpha value is -0.0800. The lowest BCUT2D eigenvalue weighted by atomic mass is 10.1. The largest absolute Gasteiger partial charge is 0.317 e. The van der Waals surface area contributed by atoms with E-state index in [-0.39, 0.29) is 0 Å². The number of hydrogen-bond donors (Lipinski definition) is 1. The number of hydrogen-bond acceptors (Lipinski definition) is 2. The Morgan fingerprint density at radius 2 is 1.65 bits per heavy atom. The number of nitrogens with zero attached hydrogens (tertiary/aromatic N) is 1. The van der Waals surface area contributed by atoms with E-state index in [0.29, 0.717) is 0 Å². The van der Waals surface area contributed by atoms with Gasteiger partial charge in [-0.05, 0) is 59.3 Å². The van der Waals surface area contributed by atoms with Crippen molar-refractivity contribution in [3.05, 3.63) is 0 Å². The molecule has 0 fully saturated rings. The lowest BCUT2D eigenvalue weighted by molar-refractivity contribution is 0.239. The fourth-order valence-corrected chi connectivity index (χ4v) is 2.13. The van der Waals surface area contributed by atoms with E-state index in [1.165, 1.54) is 64.6 Å². The van der Waals surface area contributed by atoms with E-state index in [0.717, 1.165) is 6.04 Å². The molecule has 0 saturated heterocycles. The highest BCUT2D eigenvalue weighted by Gasteiger charge is 2.06. The van der Waals surface area contributed by atoms with Crippen LogP contribution in [0.3, 0.4) is 0 Å². The Balaban J connectivity index is 3.21. The Bertz CT molecular complexity index is 148. The van der Waals surface area contributed by atoms with Gasteiger partial charge in [-0.3, -0.25) is 0 Å². The molecule has 0 aromatic rings. The Kier molecular flexibility index (Phi) is 12.3. The van der Waals surface area contributed by atoms with E-state index in [2.05, 4.69) is 38.0 Å². The summed E-state index contributed by atoms with van der Waals surface area (Å²) < 4.78 is 0. The molecule has 0 aliphatic heterocycles. The highest BCUT2D eigenvalue weighted by molar-refractivity contribution is 4.62. The maximum Gasteiger partial charge on any atom is 0.00637 e. The molecule has 1 N–H and O–H groups in total. The molecule has 0 amide bonds. The van der Waals surface area contributed by atoms with Gasteiger partial charge in [-0.1, -0.05) is 33.1 Å². The lowest BCUT2D eigenvalue weighted by Crippen LogP contribution is -2.29. The smallest absolute Gasteiger partial charge is 0.00637 e. The van der Waals surface area contributed by atoms with Crippen molar-refractivity contribution in [3.8, 4) is 0 Å². The highest BCUT2D eigenvalue weighted by atomic mass is 15.1. The van der Waals surface area contributed by atoms with E-state index in [1.807, 2.05) is 0 Å². The van der Waals surface area contributed by atoms with E-state index < -0.39 is 0 Å². The predicted octanol–water partition coefficient (Wildman–Crippen LogP) is 3.67. The van der Waals surface area contributed by atoms with Crippen molar-refractivity contribution in [2.45, 2.75) is 71.8 Å². The third-order valence-corrected chi connectivity index (χ3v) is 3.50. The van der Waals surface area contributed by atoms with Crippen LogP contribution in [-0.2, 0) is 0 Å². The zero-order valence-electron chi connectivity index (χ0n) is 12.6. The molecule has 0 aromatic carbocycles. The summed E-state index contributed by atoms with van der Waals surface area (Å²) in [6.07, 6.45) is 9.35. The minimum Gasteiger partial charge on any atom is -0.317 e.